The van der Waals surface area contributed by atoms with E-state index in [-0.39, 0.29) is 16.3 Å². The molecule has 8 heteroatoms. The molecule has 3 aromatic rings. The maximum Gasteiger partial charge on any atom is 0.283 e. The maximum atomic E-state index is 13.4. The quantitative estimate of drug-likeness (QED) is 0.434. The van der Waals surface area contributed by atoms with Crippen molar-refractivity contribution in [1.29, 1.82) is 0 Å². The molecule has 0 aliphatic carbocycles. The second kappa shape index (κ2) is 8.75. The third-order valence-corrected chi connectivity index (χ3v) is 6.35. The molecule has 3 aromatic carbocycles. The Bertz CT molecular complexity index is 1210. The van der Waals surface area contributed by atoms with Crippen LogP contribution in [0.3, 0.4) is 0 Å². The zero-order valence-electron chi connectivity index (χ0n) is 16.2. The van der Waals surface area contributed by atoms with Gasteiger partial charge in [0.05, 0.1) is 5.69 Å². The number of amides is 2. The fraction of sp³-hybridized carbons (Fsp3) is 0.0435. The Hall–Kier alpha value is -2.80. The van der Waals surface area contributed by atoms with E-state index in [0.717, 1.165) is 27.1 Å². The predicted molar refractivity (Wildman–Crippen MR) is 123 cm³/mol. The van der Waals surface area contributed by atoms with E-state index < -0.39 is 17.6 Å². The number of nitrogens with zero attached hydrogens (tertiary/aromatic N) is 1. The molecule has 31 heavy (non-hydrogen) atoms. The highest BCUT2D eigenvalue weighted by molar-refractivity contribution is 8.04. The van der Waals surface area contributed by atoms with Gasteiger partial charge in [-0.2, -0.15) is 0 Å². The number of hydrogen-bond donors (Lipinski definition) is 1. The Balaban J connectivity index is 1.74. The number of carbonyl (C=O) groups is 2. The number of carbonyl (C=O) groups excluding carboxylic acids is 2. The van der Waals surface area contributed by atoms with Crippen LogP contribution in [0, 0.1) is 12.7 Å². The number of rotatable bonds is 5. The van der Waals surface area contributed by atoms with Crippen molar-refractivity contribution in [3.05, 3.63) is 98.8 Å². The molecule has 0 bridgehead atoms. The molecule has 4 nitrogen and oxygen atoms in total. The monoisotopic (exact) mass is 472 g/mol. The first-order valence-electron chi connectivity index (χ1n) is 9.19. The minimum absolute atomic E-state index is 0.120. The Morgan fingerprint density at radius 2 is 1.58 bits per heavy atom. The molecule has 0 aromatic heterocycles. The van der Waals surface area contributed by atoms with Crippen molar-refractivity contribution in [3.8, 4) is 0 Å². The van der Waals surface area contributed by atoms with Gasteiger partial charge in [-0.25, -0.2) is 9.29 Å². The molecule has 1 N–H and O–H groups in total. The number of nitrogens with one attached hydrogen (secondary N) is 1. The fourth-order valence-corrected chi connectivity index (χ4v) is 4.21. The number of benzene rings is 3. The molecule has 0 saturated carbocycles. The molecule has 0 radical (unpaired) electrons. The second-order valence-electron chi connectivity index (χ2n) is 6.77. The Kier molecular flexibility index (Phi) is 6.05. The van der Waals surface area contributed by atoms with Gasteiger partial charge in [0, 0.05) is 20.6 Å². The molecule has 1 heterocycles. The van der Waals surface area contributed by atoms with Crippen molar-refractivity contribution >= 4 is 58.2 Å². The average molecular weight is 473 g/mol. The Morgan fingerprint density at radius 1 is 0.903 bits per heavy atom. The van der Waals surface area contributed by atoms with Crippen molar-refractivity contribution in [3.63, 3.8) is 0 Å². The van der Waals surface area contributed by atoms with Gasteiger partial charge < -0.3 is 5.32 Å². The summed E-state index contributed by atoms with van der Waals surface area (Å²) in [5.41, 5.74) is 1.86. The van der Waals surface area contributed by atoms with Gasteiger partial charge >= 0.3 is 0 Å². The molecule has 0 unspecified atom stereocenters. The molecule has 1 aliphatic rings. The highest BCUT2D eigenvalue weighted by Crippen LogP contribution is 2.38. The van der Waals surface area contributed by atoms with Crippen LogP contribution < -0.4 is 10.2 Å². The SMILES string of the molecule is Cc1ccc(NC2=C(Sc3ccc(Cl)cc3)C(=O)N(c3ccc(F)cc3)C2=O)cc1Cl. The third-order valence-electron chi connectivity index (χ3n) is 4.60. The number of hydrogen-bond acceptors (Lipinski definition) is 4. The third kappa shape index (κ3) is 4.46. The lowest BCUT2D eigenvalue weighted by Crippen LogP contribution is -2.32. The fourth-order valence-electron chi connectivity index (χ4n) is 2.97. The lowest BCUT2D eigenvalue weighted by molar-refractivity contribution is -0.120. The first-order valence-corrected chi connectivity index (χ1v) is 10.8. The van der Waals surface area contributed by atoms with E-state index >= 15 is 0 Å². The van der Waals surface area contributed by atoms with Gasteiger partial charge in [0.25, 0.3) is 11.8 Å². The van der Waals surface area contributed by atoms with Crippen LogP contribution in [-0.4, -0.2) is 11.8 Å². The standard InChI is InChI=1S/C23H15Cl2FN2O2S/c1-13-2-7-16(12-19(13)25)27-20-21(31-18-10-3-14(24)4-11-18)23(30)28(22(20)29)17-8-5-15(26)6-9-17/h2-12,27H,1H3. The van der Waals surface area contributed by atoms with E-state index in [0.29, 0.717) is 15.7 Å². The largest absolute Gasteiger partial charge is 0.350 e. The first-order chi connectivity index (χ1) is 14.8. The number of thioether (sulfide) groups is 1. The number of aryl methyl sites for hydroxylation is 1. The summed E-state index contributed by atoms with van der Waals surface area (Å²) in [5, 5.41) is 4.14. The molecule has 0 atom stereocenters. The van der Waals surface area contributed by atoms with Gasteiger partial charge in [-0.05, 0) is 73.2 Å². The predicted octanol–water partition coefficient (Wildman–Crippen LogP) is 6.43. The van der Waals surface area contributed by atoms with Crippen LogP contribution in [-0.2, 0) is 9.59 Å². The summed E-state index contributed by atoms with van der Waals surface area (Å²) in [6.07, 6.45) is 0. The summed E-state index contributed by atoms with van der Waals surface area (Å²) in [6, 6.07) is 17.4. The zero-order chi connectivity index (χ0) is 22.1. The average Bonchev–Trinajstić information content (AvgIpc) is 2.97. The normalized spacial score (nSPS) is 13.9. The van der Waals surface area contributed by atoms with Crippen molar-refractivity contribution in [2.45, 2.75) is 11.8 Å². The number of anilines is 2. The van der Waals surface area contributed by atoms with Crippen molar-refractivity contribution in [1.82, 2.24) is 0 Å². The second-order valence-corrected chi connectivity index (χ2v) is 8.70. The molecular formula is C23H15Cl2FN2O2S. The van der Waals surface area contributed by atoms with Crippen molar-refractivity contribution < 1.29 is 14.0 Å². The molecule has 2 amide bonds. The highest BCUT2D eigenvalue weighted by atomic mass is 35.5. The summed E-state index contributed by atoms with van der Waals surface area (Å²) in [4.78, 5) is 28.4. The summed E-state index contributed by atoms with van der Waals surface area (Å²) in [5.74, 6) is -1.50. The molecular weight excluding hydrogens is 458 g/mol. The van der Waals surface area contributed by atoms with Crippen LogP contribution >= 0.6 is 35.0 Å². The van der Waals surface area contributed by atoms with Crippen molar-refractivity contribution in [2.24, 2.45) is 0 Å². The topological polar surface area (TPSA) is 49.4 Å². The van der Waals surface area contributed by atoms with Gasteiger partial charge in [-0.15, -0.1) is 0 Å². The van der Waals surface area contributed by atoms with E-state index in [1.165, 1.54) is 24.3 Å². The number of imide groups is 1. The van der Waals surface area contributed by atoms with Crippen LogP contribution in [0.1, 0.15) is 5.56 Å². The zero-order valence-corrected chi connectivity index (χ0v) is 18.5. The summed E-state index contributed by atoms with van der Waals surface area (Å²) >= 11 is 13.3. The van der Waals surface area contributed by atoms with Gasteiger partial charge in [0.15, 0.2) is 0 Å². The Labute approximate surface area is 192 Å². The summed E-state index contributed by atoms with van der Waals surface area (Å²) in [6.45, 7) is 1.87. The van der Waals surface area contributed by atoms with Crippen LogP contribution in [0.2, 0.25) is 10.0 Å². The smallest absolute Gasteiger partial charge is 0.283 e. The van der Waals surface area contributed by atoms with Crippen LogP contribution in [0.25, 0.3) is 0 Å². The van der Waals surface area contributed by atoms with Gasteiger partial charge in [0.1, 0.15) is 16.4 Å². The van der Waals surface area contributed by atoms with E-state index in [9.17, 15) is 14.0 Å². The molecule has 0 saturated heterocycles. The van der Waals surface area contributed by atoms with Crippen LogP contribution in [0.15, 0.2) is 82.2 Å². The lowest BCUT2D eigenvalue weighted by atomic mass is 10.2. The van der Waals surface area contributed by atoms with Crippen molar-refractivity contribution in [2.75, 3.05) is 10.2 Å². The highest BCUT2D eigenvalue weighted by Gasteiger charge is 2.40. The minimum atomic E-state index is -0.537. The molecule has 4 rings (SSSR count). The van der Waals surface area contributed by atoms with Gasteiger partial charge in [0.2, 0.25) is 0 Å². The van der Waals surface area contributed by atoms with E-state index in [1.807, 2.05) is 13.0 Å². The summed E-state index contributed by atoms with van der Waals surface area (Å²) < 4.78 is 13.4. The van der Waals surface area contributed by atoms with E-state index in [2.05, 4.69) is 5.32 Å². The van der Waals surface area contributed by atoms with Gasteiger partial charge in [-0.1, -0.05) is 41.0 Å². The van der Waals surface area contributed by atoms with Crippen LogP contribution in [0.4, 0.5) is 15.8 Å². The molecule has 156 valence electrons. The lowest BCUT2D eigenvalue weighted by Gasteiger charge is -2.15. The maximum absolute atomic E-state index is 13.4. The minimum Gasteiger partial charge on any atom is -0.350 e. The Morgan fingerprint density at radius 3 is 2.23 bits per heavy atom. The van der Waals surface area contributed by atoms with E-state index in [1.54, 1.807) is 36.4 Å². The summed E-state index contributed by atoms with van der Waals surface area (Å²) in [7, 11) is 0. The molecule has 1 aliphatic heterocycles. The number of halogens is 3. The van der Waals surface area contributed by atoms with Gasteiger partial charge in [-0.3, -0.25) is 9.59 Å². The molecule has 0 spiro atoms. The van der Waals surface area contributed by atoms with E-state index in [4.69, 9.17) is 23.2 Å². The van der Waals surface area contributed by atoms with Crippen LogP contribution in [0.5, 0.6) is 0 Å². The first kappa shape index (κ1) is 21.4. The molecule has 0 fully saturated rings.